The molecule has 1 nitrogen and oxygen atoms in total. The second-order valence-corrected chi connectivity index (χ2v) is 2.67. The van der Waals surface area contributed by atoms with E-state index in [0.29, 0.717) is 0 Å². The molecule has 1 atom stereocenters. The van der Waals surface area contributed by atoms with Crippen molar-refractivity contribution in [2.24, 2.45) is 5.73 Å². The number of aryl methyl sites for hydroxylation is 1. The number of benzene rings is 1. The maximum atomic E-state index is 12.0. The van der Waals surface area contributed by atoms with Gasteiger partial charge in [0.2, 0.25) is 0 Å². The molecule has 0 aliphatic heterocycles. The van der Waals surface area contributed by atoms with Crippen molar-refractivity contribution >= 4 is 12.4 Å². The summed E-state index contributed by atoms with van der Waals surface area (Å²) in [6.45, 7) is 1.49. The first-order valence-corrected chi connectivity index (χ1v) is 3.62. The Morgan fingerprint density at radius 1 is 1.33 bits per heavy atom. The average Bonchev–Trinajstić information content (AvgIpc) is 2.05. The van der Waals surface area contributed by atoms with Crippen LogP contribution in [0.2, 0.25) is 0 Å². The monoisotopic (exact) mass is 189 g/mol. The maximum Gasteiger partial charge on any atom is 0.109 e. The molecule has 1 rings (SSSR count). The van der Waals surface area contributed by atoms with E-state index in [1.54, 1.807) is 0 Å². The topological polar surface area (TPSA) is 26.0 Å². The van der Waals surface area contributed by atoms with Crippen molar-refractivity contribution in [1.82, 2.24) is 0 Å². The summed E-state index contributed by atoms with van der Waals surface area (Å²) in [5.74, 6) is 0. The lowest BCUT2D eigenvalue weighted by Crippen LogP contribution is -2.11. The van der Waals surface area contributed by atoms with E-state index < -0.39 is 12.7 Å². The molecule has 0 bridgehead atoms. The van der Waals surface area contributed by atoms with Crippen LogP contribution in [0.4, 0.5) is 4.39 Å². The molecule has 0 radical (unpaired) electrons. The van der Waals surface area contributed by atoms with Crippen molar-refractivity contribution in [1.29, 1.82) is 0 Å². The lowest BCUT2D eigenvalue weighted by Gasteiger charge is -2.06. The van der Waals surface area contributed by atoms with Crippen molar-refractivity contribution in [2.75, 3.05) is 6.67 Å². The van der Waals surface area contributed by atoms with Gasteiger partial charge in [-0.25, -0.2) is 4.39 Å². The molecule has 0 aliphatic carbocycles. The second kappa shape index (κ2) is 5.12. The zero-order chi connectivity index (χ0) is 8.27. The Hall–Kier alpha value is -0.600. The largest absolute Gasteiger partial charge is 0.322 e. The first-order chi connectivity index (χ1) is 5.24. The number of nitrogens with two attached hydrogens (primary N) is 1. The first kappa shape index (κ1) is 11.4. The highest BCUT2D eigenvalue weighted by Gasteiger charge is 2.02. The standard InChI is InChI=1S/C9H12FN.ClH/c1-7-2-4-8(5-3-7)9(11)6-10;/h2-5,9H,6,11H2,1H3;1H/t9-;/m1./s1. The van der Waals surface area contributed by atoms with Crippen molar-refractivity contribution in [2.45, 2.75) is 13.0 Å². The van der Waals surface area contributed by atoms with Crippen LogP contribution in [0.5, 0.6) is 0 Å². The Bertz CT molecular complexity index is 222. The predicted octanol–water partition coefficient (Wildman–Crippen LogP) is 2.39. The first-order valence-electron chi connectivity index (χ1n) is 3.62. The van der Waals surface area contributed by atoms with Gasteiger partial charge in [-0.3, -0.25) is 0 Å². The van der Waals surface area contributed by atoms with Gasteiger partial charge in [0, 0.05) is 0 Å². The fraction of sp³-hybridized carbons (Fsp3) is 0.333. The summed E-state index contributed by atoms with van der Waals surface area (Å²) >= 11 is 0. The molecule has 1 aromatic carbocycles. The Labute approximate surface area is 78.2 Å². The summed E-state index contributed by atoms with van der Waals surface area (Å²) in [6.07, 6.45) is 0. The van der Waals surface area contributed by atoms with Crippen LogP contribution in [0, 0.1) is 6.92 Å². The van der Waals surface area contributed by atoms with Crippen LogP contribution in [0.3, 0.4) is 0 Å². The molecule has 0 fully saturated rings. The highest BCUT2D eigenvalue weighted by molar-refractivity contribution is 5.85. The van der Waals surface area contributed by atoms with Crippen molar-refractivity contribution in [3.8, 4) is 0 Å². The molecular weight excluding hydrogens is 177 g/mol. The third kappa shape index (κ3) is 2.80. The number of halogens is 2. The van der Waals surface area contributed by atoms with Gasteiger partial charge < -0.3 is 5.73 Å². The van der Waals surface area contributed by atoms with Gasteiger partial charge in [0.15, 0.2) is 0 Å². The molecule has 12 heavy (non-hydrogen) atoms. The summed E-state index contributed by atoms with van der Waals surface area (Å²) in [7, 11) is 0. The minimum atomic E-state index is -0.497. The van der Waals surface area contributed by atoms with Gasteiger partial charge in [-0.15, -0.1) is 12.4 Å². The molecule has 0 amide bonds. The summed E-state index contributed by atoms with van der Waals surface area (Å²) in [6, 6.07) is 7.13. The minimum absolute atomic E-state index is 0. The highest BCUT2D eigenvalue weighted by Crippen LogP contribution is 2.10. The Morgan fingerprint density at radius 3 is 2.25 bits per heavy atom. The van der Waals surface area contributed by atoms with Crippen molar-refractivity contribution in [3.05, 3.63) is 35.4 Å². The second-order valence-electron chi connectivity index (χ2n) is 2.67. The molecule has 68 valence electrons. The molecule has 0 aromatic heterocycles. The molecule has 0 heterocycles. The smallest absolute Gasteiger partial charge is 0.109 e. The molecule has 0 saturated heterocycles. The lowest BCUT2D eigenvalue weighted by atomic mass is 10.1. The van der Waals surface area contributed by atoms with Crippen LogP contribution in [-0.4, -0.2) is 6.67 Å². The van der Waals surface area contributed by atoms with E-state index >= 15 is 0 Å². The molecule has 2 N–H and O–H groups in total. The quantitative estimate of drug-likeness (QED) is 0.760. The fourth-order valence-electron chi connectivity index (χ4n) is 0.903. The van der Waals surface area contributed by atoms with Gasteiger partial charge in [-0.1, -0.05) is 29.8 Å². The lowest BCUT2D eigenvalue weighted by molar-refractivity contribution is 0.437. The van der Waals surface area contributed by atoms with E-state index in [0.717, 1.165) is 5.56 Å². The summed E-state index contributed by atoms with van der Waals surface area (Å²) in [4.78, 5) is 0. The van der Waals surface area contributed by atoms with E-state index in [1.807, 2.05) is 31.2 Å². The third-order valence-corrected chi connectivity index (χ3v) is 1.67. The summed E-state index contributed by atoms with van der Waals surface area (Å²) < 4.78 is 12.0. The van der Waals surface area contributed by atoms with Gasteiger partial charge in [0.25, 0.3) is 0 Å². The fourth-order valence-corrected chi connectivity index (χ4v) is 0.903. The number of alkyl halides is 1. The minimum Gasteiger partial charge on any atom is -0.322 e. The number of rotatable bonds is 2. The average molecular weight is 190 g/mol. The van der Waals surface area contributed by atoms with E-state index in [1.165, 1.54) is 5.56 Å². The summed E-state index contributed by atoms with van der Waals surface area (Å²) in [5, 5.41) is 0. The molecule has 3 heteroatoms. The molecule has 0 saturated carbocycles. The van der Waals surface area contributed by atoms with Crippen LogP contribution >= 0.6 is 12.4 Å². The Morgan fingerprint density at radius 2 is 1.83 bits per heavy atom. The molecule has 0 aliphatic rings. The van der Waals surface area contributed by atoms with Crippen LogP contribution < -0.4 is 5.73 Å². The van der Waals surface area contributed by atoms with E-state index in [-0.39, 0.29) is 12.4 Å². The van der Waals surface area contributed by atoms with Crippen LogP contribution in [0.15, 0.2) is 24.3 Å². The van der Waals surface area contributed by atoms with Gasteiger partial charge in [-0.2, -0.15) is 0 Å². The van der Waals surface area contributed by atoms with E-state index in [4.69, 9.17) is 5.73 Å². The number of hydrogen-bond acceptors (Lipinski definition) is 1. The van der Waals surface area contributed by atoms with Crippen LogP contribution in [-0.2, 0) is 0 Å². The van der Waals surface area contributed by atoms with Crippen LogP contribution in [0.1, 0.15) is 17.2 Å². The molecule has 0 spiro atoms. The van der Waals surface area contributed by atoms with Gasteiger partial charge in [-0.05, 0) is 12.5 Å². The zero-order valence-corrected chi connectivity index (χ0v) is 7.77. The van der Waals surface area contributed by atoms with E-state index in [9.17, 15) is 4.39 Å². The SMILES string of the molecule is Cc1ccc([C@H](N)CF)cc1.Cl. The molecule has 0 unspecified atom stereocenters. The predicted molar refractivity (Wildman–Crippen MR) is 51.3 cm³/mol. The van der Waals surface area contributed by atoms with Gasteiger partial charge in [0.1, 0.15) is 6.67 Å². The number of hydrogen-bond donors (Lipinski definition) is 1. The Kier molecular flexibility index (Phi) is 4.86. The van der Waals surface area contributed by atoms with Crippen molar-refractivity contribution < 1.29 is 4.39 Å². The zero-order valence-electron chi connectivity index (χ0n) is 6.96. The van der Waals surface area contributed by atoms with Gasteiger partial charge >= 0.3 is 0 Å². The third-order valence-electron chi connectivity index (χ3n) is 1.67. The molecule has 1 aromatic rings. The maximum absolute atomic E-state index is 12.0. The highest BCUT2D eigenvalue weighted by atomic mass is 35.5. The normalized spacial score (nSPS) is 11.9. The Balaban J connectivity index is 0.00000121. The van der Waals surface area contributed by atoms with Crippen molar-refractivity contribution in [3.63, 3.8) is 0 Å². The molecular formula is C9H13ClFN. The van der Waals surface area contributed by atoms with Crippen LogP contribution in [0.25, 0.3) is 0 Å². The summed E-state index contributed by atoms with van der Waals surface area (Å²) in [5.41, 5.74) is 7.50. The van der Waals surface area contributed by atoms with Gasteiger partial charge in [0.05, 0.1) is 6.04 Å². The van der Waals surface area contributed by atoms with E-state index in [2.05, 4.69) is 0 Å².